The minimum absolute atomic E-state index is 0. The number of carbonyl (C=O) groups excluding carboxylic acids is 1. The Kier molecular flexibility index (Phi) is 9.91. The molecule has 5 heteroatoms. The fourth-order valence-corrected chi connectivity index (χ4v) is 9.07. The Morgan fingerprint density at radius 1 is 0.525 bits per heavy atom. The van der Waals surface area contributed by atoms with Crippen LogP contribution in [0.3, 0.4) is 0 Å². The lowest BCUT2D eigenvalue weighted by molar-refractivity contribution is -0.0000146. The van der Waals surface area contributed by atoms with Gasteiger partial charge in [-0.15, -0.1) is 5.10 Å². The Hall–Kier alpha value is -4.17. The molecule has 0 saturated heterocycles. The molecular formula is C35H30ClN2OP. The third-order valence-corrected chi connectivity index (χ3v) is 11.1. The summed E-state index contributed by atoms with van der Waals surface area (Å²) < 4.78 is 0. The van der Waals surface area contributed by atoms with Crippen LogP contribution in [0.15, 0.2) is 162 Å². The van der Waals surface area contributed by atoms with Crippen LogP contribution in [0.5, 0.6) is 0 Å². The van der Waals surface area contributed by atoms with Crippen molar-refractivity contribution in [3.05, 3.63) is 163 Å². The van der Waals surface area contributed by atoms with Crippen molar-refractivity contribution in [3.63, 3.8) is 0 Å². The van der Waals surface area contributed by atoms with Crippen molar-refractivity contribution >= 4 is 40.4 Å². The summed E-state index contributed by atoms with van der Waals surface area (Å²) in [5.41, 5.74) is 2.55. The van der Waals surface area contributed by atoms with E-state index in [0.29, 0.717) is 17.4 Å². The number of halogens is 1. The van der Waals surface area contributed by atoms with E-state index in [0.717, 1.165) is 11.3 Å². The number of hydrogen-bond acceptors (Lipinski definition) is 3. The number of ketones is 1. The van der Waals surface area contributed by atoms with Gasteiger partial charge >= 0.3 is 0 Å². The molecule has 5 aromatic rings. The molecule has 0 aliphatic carbocycles. The van der Waals surface area contributed by atoms with Gasteiger partial charge in [-0.3, -0.25) is 4.79 Å². The number of carbonyl (C=O) groups is 1. The predicted molar refractivity (Wildman–Crippen MR) is 167 cm³/mol. The average molecular weight is 561 g/mol. The quantitative estimate of drug-likeness (QED) is 0.117. The van der Waals surface area contributed by atoms with Gasteiger partial charge in [-0.05, 0) is 43.3 Å². The number of hydrogen-bond donors (Lipinski definition) is 0. The summed E-state index contributed by atoms with van der Waals surface area (Å²) in [6.45, 7) is 2.02. The molecule has 0 saturated carbocycles. The molecule has 0 aromatic heterocycles. The number of nitrogens with zero attached hydrogens (tertiary/aromatic N) is 2. The summed E-state index contributed by atoms with van der Waals surface area (Å²) >= 11 is 0. The molecule has 3 nitrogen and oxygen atoms in total. The van der Waals surface area contributed by atoms with Crippen molar-refractivity contribution in [2.75, 3.05) is 6.16 Å². The molecule has 0 radical (unpaired) electrons. The van der Waals surface area contributed by atoms with E-state index in [2.05, 4.69) is 96.1 Å². The Morgan fingerprint density at radius 2 is 0.875 bits per heavy atom. The van der Waals surface area contributed by atoms with Crippen molar-refractivity contribution in [3.8, 4) is 0 Å². The molecule has 0 unspecified atom stereocenters. The fraction of sp³-hybridized carbons (Fsp3) is 0.0571. The van der Waals surface area contributed by atoms with Crippen LogP contribution < -0.4 is 28.3 Å². The number of rotatable bonds is 9. The summed E-state index contributed by atoms with van der Waals surface area (Å²) in [4.78, 5) is 13.5. The standard InChI is InChI=1S/C35H30N2OP.ClH/c1-28(36-37-34(29-17-7-2-8-18-29)35(38)30-19-9-3-10-20-30)27-39(31-21-11-4-12-22-31,32-23-13-5-14-24-32)33-25-15-6-16-26-33;/h2-26H,27H2,1H3;1H/q+1;/p-1. The molecule has 0 amide bonds. The third-order valence-electron chi connectivity index (χ3n) is 6.68. The second kappa shape index (κ2) is 13.8. The molecule has 0 heterocycles. The molecule has 198 valence electrons. The maximum atomic E-state index is 13.5. The Balaban J connectivity index is 0.00000370. The van der Waals surface area contributed by atoms with E-state index < -0.39 is 7.26 Å². The summed E-state index contributed by atoms with van der Waals surface area (Å²) in [5.74, 6) is -0.145. The number of Topliss-reactive ketones (excluding diaryl/α,β-unsaturated/α-hetero) is 1. The van der Waals surface area contributed by atoms with Crippen molar-refractivity contribution < 1.29 is 17.2 Å². The number of benzene rings is 5. The lowest BCUT2D eigenvalue weighted by Gasteiger charge is -2.27. The highest BCUT2D eigenvalue weighted by atomic mass is 35.5. The molecule has 0 fully saturated rings. The zero-order valence-electron chi connectivity index (χ0n) is 22.3. The molecular weight excluding hydrogens is 531 g/mol. The SMILES string of the molecule is CC(C[P+](c1ccccc1)(c1ccccc1)c1ccccc1)=NN=C(C(=O)c1ccccc1)c1ccccc1.[Cl-]. The molecule has 0 aliphatic heterocycles. The summed E-state index contributed by atoms with van der Waals surface area (Å²) in [5, 5.41) is 13.2. The minimum Gasteiger partial charge on any atom is -1.00 e. The molecule has 5 rings (SSSR count). The first-order valence-electron chi connectivity index (χ1n) is 13.0. The van der Waals surface area contributed by atoms with Crippen LogP contribution in [0, 0.1) is 0 Å². The summed E-state index contributed by atoms with van der Waals surface area (Å²) in [6.07, 6.45) is 0.705. The van der Waals surface area contributed by atoms with E-state index in [9.17, 15) is 4.79 Å². The van der Waals surface area contributed by atoms with Gasteiger partial charge in [0.2, 0.25) is 5.78 Å². The third kappa shape index (κ3) is 6.34. The van der Waals surface area contributed by atoms with Gasteiger partial charge in [-0.25, -0.2) is 0 Å². The molecule has 0 atom stereocenters. The van der Waals surface area contributed by atoms with Crippen LogP contribution in [0.4, 0.5) is 0 Å². The Morgan fingerprint density at radius 3 is 1.27 bits per heavy atom. The maximum absolute atomic E-state index is 13.5. The van der Waals surface area contributed by atoms with Gasteiger partial charge < -0.3 is 12.4 Å². The smallest absolute Gasteiger partial charge is 0.213 e. The van der Waals surface area contributed by atoms with Crippen molar-refractivity contribution in [1.82, 2.24) is 0 Å². The molecule has 40 heavy (non-hydrogen) atoms. The summed E-state index contributed by atoms with van der Waals surface area (Å²) in [6, 6.07) is 50.9. The lowest BCUT2D eigenvalue weighted by atomic mass is 10.0. The van der Waals surface area contributed by atoms with Crippen LogP contribution in [0.1, 0.15) is 22.8 Å². The van der Waals surface area contributed by atoms with E-state index >= 15 is 0 Å². The van der Waals surface area contributed by atoms with E-state index in [4.69, 9.17) is 5.10 Å². The molecule has 0 bridgehead atoms. The normalized spacial score (nSPS) is 11.9. The zero-order valence-corrected chi connectivity index (χ0v) is 23.9. The monoisotopic (exact) mass is 560 g/mol. The predicted octanol–water partition coefficient (Wildman–Crippen LogP) is 3.73. The summed E-state index contributed by atoms with van der Waals surface area (Å²) in [7, 11) is -2.11. The van der Waals surface area contributed by atoms with Gasteiger partial charge in [0, 0.05) is 11.1 Å². The second-order valence-corrected chi connectivity index (χ2v) is 12.8. The second-order valence-electron chi connectivity index (χ2n) is 9.32. The van der Waals surface area contributed by atoms with Gasteiger partial charge in [0.15, 0.2) is 0 Å². The van der Waals surface area contributed by atoms with Crippen LogP contribution in [0.2, 0.25) is 0 Å². The Bertz CT molecular complexity index is 1480. The molecule has 0 spiro atoms. The molecule has 0 aliphatic rings. The zero-order chi connectivity index (χ0) is 26.9. The van der Waals surface area contributed by atoms with Gasteiger partial charge in [0.05, 0.1) is 5.71 Å². The maximum Gasteiger partial charge on any atom is 0.213 e. The van der Waals surface area contributed by atoms with Gasteiger partial charge in [-0.2, -0.15) is 5.10 Å². The molecule has 5 aromatic carbocycles. The average Bonchev–Trinajstić information content (AvgIpc) is 3.02. The first-order valence-corrected chi connectivity index (χ1v) is 15.0. The highest BCUT2D eigenvalue weighted by molar-refractivity contribution is 7.96. The van der Waals surface area contributed by atoms with Crippen LogP contribution in [-0.2, 0) is 0 Å². The van der Waals surface area contributed by atoms with Crippen molar-refractivity contribution in [1.29, 1.82) is 0 Å². The van der Waals surface area contributed by atoms with Crippen LogP contribution in [0.25, 0.3) is 0 Å². The lowest BCUT2D eigenvalue weighted by Crippen LogP contribution is -3.00. The topological polar surface area (TPSA) is 41.8 Å². The molecule has 0 N–H and O–H groups in total. The largest absolute Gasteiger partial charge is 1.00 e. The fourth-order valence-electron chi connectivity index (χ4n) is 4.84. The first-order chi connectivity index (χ1) is 19.2. The van der Waals surface area contributed by atoms with Crippen molar-refractivity contribution in [2.45, 2.75) is 6.92 Å². The van der Waals surface area contributed by atoms with Crippen LogP contribution in [-0.4, -0.2) is 23.4 Å². The van der Waals surface area contributed by atoms with E-state index in [-0.39, 0.29) is 18.2 Å². The van der Waals surface area contributed by atoms with E-state index in [1.807, 2.05) is 67.6 Å². The highest BCUT2D eigenvalue weighted by Gasteiger charge is 2.45. The minimum atomic E-state index is -2.11. The van der Waals surface area contributed by atoms with Gasteiger partial charge in [-0.1, -0.05) is 115 Å². The van der Waals surface area contributed by atoms with E-state index in [1.54, 1.807) is 0 Å². The van der Waals surface area contributed by atoms with Gasteiger partial charge in [0.25, 0.3) is 0 Å². The van der Waals surface area contributed by atoms with Gasteiger partial charge in [0.1, 0.15) is 35.0 Å². The highest BCUT2D eigenvalue weighted by Crippen LogP contribution is 2.55. The Labute approximate surface area is 243 Å². The van der Waals surface area contributed by atoms with Crippen molar-refractivity contribution in [2.24, 2.45) is 10.2 Å². The first kappa shape index (κ1) is 28.8. The van der Waals surface area contributed by atoms with Crippen LogP contribution >= 0.6 is 7.26 Å². The van der Waals surface area contributed by atoms with E-state index in [1.165, 1.54) is 15.9 Å².